The fourth-order valence-electron chi connectivity index (χ4n) is 9.36. The molecule has 9 aromatic rings. The molecular weight excluding hydrogens is 703 g/mol. The van der Waals surface area contributed by atoms with Gasteiger partial charge in [0.25, 0.3) is 0 Å². The van der Waals surface area contributed by atoms with E-state index in [0.29, 0.717) is 5.69 Å². The zero-order chi connectivity index (χ0) is 38.8. The number of aryl methyl sites for hydroxylation is 1. The van der Waals surface area contributed by atoms with E-state index in [-0.39, 0.29) is 0 Å². The molecule has 0 saturated carbocycles. The molecule has 0 saturated heterocycles. The lowest BCUT2D eigenvalue weighted by molar-refractivity contribution is 0.776. The van der Waals surface area contributed by atoms with Crippen molar-refractivity contribution in [1.29, 1.82) is 0 Å². The first-order chi connectivity index (χ1) is 28.6. The Morgan fingerprint density at radius 2 is 0.776 bits per heavy atom. The average molecular weight is 738 g/mol. The van der Waals surface area contributed by atoms with E-state index in [1.165, 1.54) is 61.2 Å². The Morgan fingerprint density at radius 3 is 1.22 bits per heavy atom. The van der Waals surface area contributed by atoms with Crippen LogP contribution in [0.2, 0.25) is 0 Å². The smallest absolute Gasteiger partial charge is 0.187 e. The second-order valence-electron chi connectivity index (χ2n) is 15.3. The molecule has 58 heavy (non-hydrogen) atoms. The lowest BCUT2D eigenvalue weighted by atomic mass is 9.65. The van der Waals surface area contributed by atoms with Gasteiger partial charge in [0.15, 0.2) is 5.69 Å². The van der Waals surface area contributed by atoms with Gasteiger partial charge in [0, 0.05) is 29.1 Å². The normalized spacial score (nSPS) is 12.7. The van der Waals surface area contributed by atoms with Gasteiger partial charge in [0.1, 0.15) is 0 Å². The highest BCUT2D eigenvalue weighted by Crippen LogP contribution is 2.62. The van der Waals surface area contributed by atoms with Crippen LogP contribution in [-0.4, -0.2) is 9.97 Å². The lowest BCUT2D eigenvalue weighted by Crippen LogP contribution is -2.29. The molecule has 0 N–H and O–H groups in total. The first-order valence-electron chi connectivity index (χ1n) is 19.7. The van der Waals surface area contributed by atoms with Crippen molar-refractivity contribution in [2.75, 3.05) is 0 Å². The summed E-state index contributed by atoms with van der Waals surface area (Å²) in [5.41, 5.74) is 21.9. The van der Waals surface area contributed by atoms with Crippen molar-refractivity contribution in [3.8, 4) is 78.1 Å². The maximum atomic E-state index is 7.34. The van der Waals surface area contributed by atoms with Gasteiger partial charge in [-0.3, -0.25) is 9.97 Å². The maximum absolute atomic E-state index is 7.34. The van der Waals surface area contributed by atoms with Gasteiger partial charge in [0.05, 0.1) is 23.4 Å². The highest BCUT2D eigenvalue weighted by Gasteiger charge is 2.50. The van der Waals surface area contributed by atoms with E-state index in [1.54, 1.807) is 0 Å². The number of nitrogens with zero attached hydrogens (tertiary/aromatic N) is 3. The second-order valence-corrected chi connectivity index (χ2v) is 15.3. The van der Waals surface area contributed by atoms with Crippen LogP contribution in [-0.2, 0) is 5.41 Å². The molecule has 3 heteroatoms. The third-order valence-corrected chi connectivity index (χ3v) is 12.1. The van der Waals surface area contributed by atoms with Gasteiger partial charge in [-0.15, -0.1) is 0 Å². The van der Waals surface area contributed by atoms with Crippen molar-refractivity contribution in [1.82, 2.24) is 9.97 Å². The van der Waals surface area contributed by atoms with Gasteiger partial charge in [-0.1, -0.05) is 163 Å². The summed E-state index contributed by atoms with van der Waals surface area (Å²) in [7, 11) is 0. The molecule has 2 aliphatic carbocycles. The Balaban J connectivity index is 1.15. The molecule has 0 fully saturated rings. The molecule has 0 aliphatic heterocycles. The predicted octanol–water partition coefficient (Wildman–Crippen LogP) is 14.0. The maximum Gasteiger partial charge on any atom is 0.187 e. The number of pyridine rings is 2. The second kappa shape index (κ2) is 13.2. The molecule has 0 bridgehead atoms. The van der Waals surface area contributed by atoms with Crippen molar-refractivity contribution in [2.24, 2.45) is 0 Å². The molecule has 1 spiro atoms. The summed E-state index contributed by atoms with van der Waals surface area (Å²) in [6.45, 7) is 9.46. The van der Waals surface area contributed by atoms with Gasteiger partial charge in [-0.05, 0) is 104 Å². The van der Waals surface area contributed by atoms with E-state index in [4.69, 9.17) is 16.5 Å². The Morgan fingerprint density at radius 1 is 0.379 bits per heavy atom. The van der Waals surface area contributed by atoms with Gasteiger partial charge in [-0.25, -0.2) is 4.85 Å². The van der Waals surface area contributed by atoms with Crippen molar-refractivity contribution in [2.45, 2.75) is 12.3 Å². The van der Waals surface area contributed by atoms with Gasteiger partial charge < -0.3 is 0 Å². The fraction of sp³-hybridized carbons (Fsp3) is 0.0364. The quantitative estimate of drug-likeness (QED) is 0.168. The molecule has 0 radical (unpaired) electrons. The molecule has 270 valence electrons. The number of aromatic nitrogens is 2. The van der Waals surface area contributed by atoms with Crippen molar-refractivity contribution in [3.63, 3.8) is 0 Å². The van der Waals surface area contributed by atoms with Gasteiger partial charge >= 0.3 is 0 Å². The van der Waals surface area contributed by atoms with Gasteiger partial charge in [0.2, 0.25) is 0 Å². The van der Waals surface area contributed by atoms with E-state index in [0.717, 1.165) is 44.8 Å². The van der Waals surface area contributed by atoms with Crippen LogP contribution in [0, 0.1) is 13.5 Å². The van der Waals surface area contributed by atoms with Crippen molar-refractivity contribution in [3.05, 3.63) is 234 Å². The minimum Gasteiger partial charge on any atom is -0.256 e. The number of hydrogen-bond acceptors (Lipinski definition) is 2. The largest absolute Gasteiger partial charge is 0.256 e. The Labute approximate surface area is 338 Å². The molecule has 3 nitrogen and oxygen atoms in total. The molecule has 7 aromatic carbocycles. The highest BCUT2D eigenvalue weighted by atomic mass is 14.7. The zero-order valence-electron chi connectivity index (χ0n) is 31.8. The molecule has 0 atom stereocenters. The highest BCUT2D eigenvalue weighted by molar-refractivity contribution is 5.98. The Kier molecular flexibility index (Phi) is 7.67. The molecule has 2 aromatic heterocycles. The lowest BCUT2D eigenvalue weighted by Gasteiger charge is -2.36. The molecule has 2 heterocycles. The van der Waals surface area contributed by atoms with E-state index in [9.17, 15) is 0 Å². The average Bonchev–Trinajstić information content (AvgIpc) is 3.54. The molecule has 0 amide bonds. The van der Waals surface area contributed by atoms with Gasteiger partial charge in [-0.2, -0.15) is 0 Å². The van der Waals surface area contributed by atoms with E-state index in [1.807, 2.05) is 36.7 Å². The number of fused-ring (bicyclic) bond motifs is 12. The van der Waals surface area contributed by atoms with E-state index >= 15 is 0 Å². The number of rotatable bonds is 4. The summed E-state index contributed by atoms with van der Waals surface area (Å²) >= 11 is 0. The van der Waals surface area contributed by atoms with E-state index in [2.05, 4.69) is 169 Å². The summed E-state index contributed by atoms with van der Waals surface area (Å²) in [5, 5.41) is 0. The number of hydrogen-bond donors (Lipinski definition) is 0. The van der Waals surface area contributed by atoms with Crippen LogP contribution in [0.3, 0.4) is 0 Å². The van der Waals surface area contributed by atoms with Crippen molar-refractivity contribution < 1.29 is 0 Å². The fourth-order valence-corrected chi connectivity index (χ4v) is 9.36. The van der Waals surface area contributed by atoms with E-state index < -0.39 is 5.41 Å². The standard InChI is InChI=1S/C55H35N3/c1-35-15-17-36(18-16-35)40-23-29-53(57-33-40)38-21-27-47-43-9-3-4-10-44(43)48-28-22-39(54-30-24-41(34-58-54)37-19-25-42(56-2)26-20-37)32-52(48)55(51(47)31-38)49-13-7-5-11-45(49)46-12-6-8-14-50(46)55/h3-34H,1H3. The Hall–Kier alpha value is -7.67. The molecule has 11 rings (SSSR count). The van der Waals surface area contributed by atoms with Crippen molar-refractivity contribution >= 4 is 5.69 Å². The minimum absolute atomic E-state index is 0.629. The first kappa shape index (κ1) is 33.6. The number of benzene rings is 7. The first-order valence-corrected chi connectivity index (χ1v) is 19.7. The summed E-state index contributed by atoms with van der Waals surface area (Å²) < 4.78 is 0. The summed E-state index contributed by atoms with van der Waals surface area (Å²) in [6, 6.07) is 65.6. The summed E-state index contributed by atoms with van der Waals surface area (Å²) in [6.07, 6.45) is 3.94. The summed E-state index contributed by atoms with van der Waals surface area (Å²) in [4.78, 5) is 13.7. The van der Waals surface area contributed by atoms with Crippen LogP contribution >= 0.6 is 0 Å². The van der Waals surface area contributed by atoms with Crippen LogP contribution in [0.1, 0.15) is 27.8 Å². The predicted molar refractivity (Wildman–Crippen MR) is 237 cm³/mol. The molecular formula is C55H35N3. The third-order valence-electron chi connectivity index (χ3n) is 12.1. The molecule has 2 aliphatic rings. The summed E-state index contributed by atoms with van der Waals surface area (Å²) in [5.74, 6) is 0. The Bertz CT molecular complexity index is 3050. The minimum atomic E-state index is -0.644. The topological polar surface area (TPSA) is 30.1 Å². The molecule has 0 unspecified atom stereocenters. The SMILES string of the molecule is [C-]#[N+]c1ccc(-c2ccc(-c3ccc4c(c3)C3(c5cc(-c6ccc(-c7ccc(C)cc7)cn6)ccc5-c5ccccc5-4)c4ccccc4-c4ccccc43)nc2)cc1. The zero-order valence-corrected chi connectivity index (χ0v) is 31.8. The van der Waals surface area contributed by atoms with Crippen LogP contribution < -0.4 is 0 Å². The van der Waals surface area contributed by atoms with Crippen LogP contribution in [0.15, 0.2) is 194 Å². The monoisotopic (exact) mass is 737 g/mol. The van der Waals surface area contributed by atoms with Crippen LogP contribution in [0.4, 0.5) is 5.69 Å². The van der Waals surface area contributed by atoms with Crippen LogP contribution in [0.25, 0.3) is 83.0 Å². The van der Waals surface area contributed by atoms with Crippen LogP contribution in [0.5, 0.6) is 0 Å². The third kappa shape index (κ3) is 5.13.